The number of benzene rings is 2. The van der Waals surface area contributed by atoms with Gasteiger partial charge in [0, 0.05) is 24.8 Å². The minimum atomic E-state index is -0.428. The predicted molar refractivity (Wildman–Crippen MR) is 69.6 cm³/mol. The first kappa shape index (κ1) is 13.0. The van der Waals surface area contributed by atoms with Crippen molar-refractivity contribution in [1.29, 1.82) is 5.26 Å². The van der Waals surface area contributed by atoms with Crippen molar-refractivity contribution in [2.24, 2.45) is 0 Å². The summed E-state index contributed by atoms with van der Waals surface area (Å²) < 4.78 is 26.8. The molecule has 0 heterocycles. The lowest BCUT2D eigenvalue weighted by Crippen LogP contribution is -2.17. The molecular weight excluding hydrogens is 246 g/mol. The van der Waals surface area contributed by atoms with Gasteiger partial charge in [0.15, 0.2) is 0 Å². The summed E-state index contributed by atoms with van der Waals surface area (Å²) in [5, 5.41) is 8.67. The second-order valence-electron chi connectivity index (χ2n) is 4.25. The van der Waals surface area contributed by atoms with Crippen molar-refractivity contribution >= 4 is 5.69 Å². The van der Waals surface area contributed by atoms with E-state index in [0.717, 1.165) is 0 Å². The zero-order valence-electron chi connectivity index (χ0n) is 10.4. The van der Waals surface area contributed by atoms with Crippen LogP contribution in [-0.2, 0) is 6.54 Å². The van der Waals surface area contributed by atoms with Gasteiger partial charge < -0.3 is 4.90 Å². The summed E-state index contributed by atoms with van der Waals surface area (Å²) in [7, 11) is 1.76. The molecule has 0 aliphatic carbocycles. The van der Waals surface area contributed by atoms with Crippen LogP contribution >= 0.6 is 0 Å². The molecule has 0 unspecified atom stereocenters. The number of nitriles is 1. The molecule has 19 heavy (non-hydrogen) atoms. The highest BCUT2D eigenvalue weighted by Gasteiger charge is 2.08. The second-order valence-corrected chi connectivity index (χ2v) is 4.25. The molecule has 2 aromatic rings. The van der Waals surface area contributed by atoms with Gasteiger partial charge in [-0.3, -0.25) is 0 Å². The van der Waals surface area contributed by atoms with E-state index in [0.29, 0.717) is 17.8 Å². The Morgan fingerprint density at radius 3 is 2.58 bits per heavy atom. The van der Waals surface area contributed by atoms with Crippen LogP contribution in [0, 0.1) is 23.0 Å². The minimum absolute atomic E-state index is 0.287. The van der Waals surface area contributed by atoms with E-state index in [1.54, 1.807) is 36.2 Å². The number of rotatable bonds is 3. The molecule has 0 bridgehead atoms. The Morgan fingerprint density at radius 2 is 1.95 bits per heavy atom. The molecule has 0 aliphatic rings. The Labute approximate surface area is 110 Å². The van der Waals surface area contributed by atoms with Crippen LogP contribution in [0.5, 0.6) is 0 Å². The van der Waals surface area contributed by atoms with Gasteiger partial charge in [0.2, 0.25) is 0 Å². The fourth-order valence-electron chi connectivity index (χ4n) is 1.81. The van der Waals surface area contributed by atoms with Gasteiger partial charge in [-0.25, -0.2) is 8.78 Å². The Kier molecular flexibility index (Phi) is 3.76. The van der Waals surface area contributed by atoms with E-state index in [-0.39, 0.29) is 11.4 Å². The first-order valence-electron chi connectivity index (χ1n) is 5.75. The van der Waals surface area contributed by atoms with E-state index >= 15 is 0 Å². The predicted octanol–water partition coefficient (Wildman–Crippen LogP) is 3.47. The molecule has 2 aromatic carbocycles. The normalized spacial score (nSPS) is 10.0. The molecule has 0 fully saturated rings. The first-order chi connectivity index (χ1) is 9.10. The molecule has 0 atom stereocenters. The van der Waals surface area contributed by atoms with Gasteiger partial charge in [-0.1, -0.05) is 12.1 Å². The van der Waals surface area contributed by atoms with E-state index in [1.165, 1.54) is 18.2 Å². The summed E-state index contributed by atoms with van der Waals surface area (Å²) in [4.78, 5) is 1.74. The van der Waals surface area contributed by atoms with Crippen molar-refractivity contribution in [3.8, 4) is 6.07 Å². The largest absolute Gasteiger partial charge is 0.370 e. The monoisotopic (exact) mass is 258 g/mol. The molecular formula is C15H12F2N2. The highest BCUT2D eigenvalue weighted by atomic mass is 19.1. The van der Waals surface area contributed by atoms with Crippen LogP contribution in [0.4, 0.5) is 14.5 Å². The summed E-state index contributed by atoms with van der Waals surface area (Å²) >= 11 is 0. The van der Waals surface area contributed by atoms with Crippen molar-refractivity contribution in [1.82, 2.24) is 0 Å². The van der Waals surface area contributed by atoms with Crippen LogP contribution in [0.1, 0.15) is 11.1 Å². The number of hydrogen-bond donors (Lipinski definition) is 0. The van der Waals surface area contributed by atoms with E-state index < -0.39 is 5.82 Å². The van der Waals surface area contributed by atoms with Crippen LogP contribution in [0.15, 0.2) is 42.5 Å². The standard InChI is InChI=1S/C15H12F2N2/c1-19(14-4-2-3-13(16)8-14)10-12-6-5-11(9-18)7-15(12)17/h2-8H,10H2,1H3. The first-order valence-corrected chi connectivity index (χ1v) is 5.75. The summed E-state index contributed by atoms with van der Waals surface area (Å²) in [6.07, 6.45) is 0. The highest BCUT2D eigenvalue weighted by Crippen LogP contribution is 2.18. The molecule has 0 aliphatic heterocycles. The maximum Gasteiger partial charge on any atom is 0.129 e. The summed E-state index contributed by atoms with van der Waals surface area (Å²) in [6, 6.07) is 12.3. The zero-order chi connectivity index (χ0) is 13.8. The lowest BCUT2D eigenvalue weighted by atomic mass is 10.1. The number of nitrogens with zero attached hydrogens (tertiary/aromatic N) is 2. The second kappa shape index (κ2) is 5.49. The molecule has 0 aromatic heterocycles. The minimum Gasteiger partial charge on any atom is -0.370 e. The molecule has 2 rings (SSSR count). The van der Waals surface area contributed by atoms with E-state index in [9.17, 15) is 8.78 Å². The van der Waals surface area contributed by atoms with E-state index in [1.807, 2.05) is 6.07 Å². The van der Waals surface area contributed by atoms with Gasteiger partial charge in [0.1, 0.15) is 11.6 Å². The quantitative estimate of drug-likeness (QED) is 0.842. The maximum atomic E-state index is 13.7. The molecule has 0 spiro atoms. The Hall–Kier alpha value is -2.41. The molecule has 0 saturated carbocycles. The lowest BCUT2D eigenvalue weighted by molar-refractivity contribution is 0.606. The van der Waals surface area contributed by atoms with Crippen LogP contribution in [-0.4, -0.2) is 7.05 Å². The summed E-state index contributed by atoms with van der Waals surface area (Å²) in [5.41, 5.74) is 1.42. The van der Waals surface area contributed by atoms with E-state index in [2.05, 4.69) is 0 Å². The van der Waals surface area contributed by atoms with Gasteiger partial charge in [0.05, 0.1) is 11.6 Å². The molecule has 0 amide bonds. The van der Waals surface area contributed by atoms with Crippen LogP contribution in [0.25, 0.3) is 0 Å². The lowest BCUT2D eigenvalue weighted by Gasteiger charge is -2.19. The molecule has 0 saturated heterocycles. The van der Waals surface area contributed by atoms with Crippen molar-refractivity contribution in [2.45, 2.75) is 6.54 Å². The smallest absolute Gasteiger partial charge is 0.129 e. The third-order valence-electron chi connectivity index (χ3n) is 2.84. The van der Waals surface area contributed by atoms with Gasteiger partial charge in [0.25, 0.3) is 0 Å². The Balaban J connectivity index is 2.20. The van der Waals surface area contributed by atoms with Gasteiger partial charge in [-0.05, 0) is 30.3 Å². The Bertz CT molecular complexity index is 632. The van der Waals surface area contributed by atoms with Crippen molar-refractivity contribution in [2.75, 3.05) is 11.9 Å². The number of hydrogen-bond acceptors (Lipinski definition) is 2. The number of anilines is 1. The zero-order valence-corrected chi connectivity index (χ0v) is 10.4. The third-order valence-corrected chi connectivity index (χ3v) is 2.84. The highest BCUT2D eigenvalue weighted by molar-refractivity contribution is 5.46. The average molecular weight is 258 g/mol. The molecule has 96 valence electrons. The summed E-state index contributed by atoms with van der Waals surface area (Å²) in [5.74, 6) is -0.757. The van der Waals surface area contributed by atoms with Crippen LogP contribution in [0.2, 0.25) is 0 Å². The summed E-state index contributed by atoms with van der Waals surface area (Å²) in [6.45, 7) is 0.307. The molecule has 4 heteroatoms. The molecule has 0 radical (unpaired) electrons. The van der Waals surface area contributed by atoms with Crippen molar-refractivity contribution in [3.63, 3.8) is 0 Å². The topological polar surface area (TPSA) is 27.0 Å². The van der Waals surface area contributed by atoms with Gasteiger partial charge in [-0.2, -0.15) is 5.26 Å². The average Bonchev–Trinajstić information content (AvgIpc) is 2.41. The SMILES string of the molecule is CN(Cc1ccc(C#N)cc1F)c1cccc(F)c1. The van der Waals surface area contributed by atoms with Gasteiger partial charge >= 0.3 is 0 Å². The van der Waals surface area contributed by atoms with Gasteiger partial charge in [-0.15, -0.1) is 0 Å². The fourth-order valence-corrected chi connectivity index (χ4v) is 1.81. The van der Waals surface area contributed by atoms with Crippen molar-refractivity contribution < 1.29 is 8.78 Å². The third kappa shape index (κ3) is 3.08. The van der Waals surface area contributed by atoms with Crippen molar-refractivity contribution in [3.05, 3.63) is 65.2 Å². The fraction of sp³-hybridized carbons (Fsp3) is 0.133. The van der Waals surface area contributed by atoms with Crippen LogP contribution < -0.4 is 4.90 Å². The maximum absolute atomic E-state index is 13.7. The number of halogens is 2. The molecule has 0 N–H and O–H groups in total. The van der Waals surface area contributed by atoms with E-state index in [4.69, 9.17) is 5.26 Å². The van der Waals surface area contributed by atoms with Crippen LogP contribution in [0.3, 0.4) is 0 Å². The molecule has 2 nitrogen and oxygen atoms in total. The Morgan fingerprint density at radius 1 is 1.16 bits per heavy atom.